The second kappa shape index (κ2) is 5.07. The van der Waals surface area contributed by atoms with Gasteiger partial charge in [-0.2, -0.15) is 0 Å². The lowest BCUT2D eigenvalue weighted by atomic mass is 9.74. The number of aromatic nitrogens is 1. The molecule has 0 atom stereocenters. The van der Waals surface area contributed by atoms with Crippen LogP contribution in [-0.4, -0.2) is 27.8 Å². The van der Waals surface area contributed by atoms with Gasteiger partial charge >= 0.3 is 12.0 Å². The van der Waals surface area contributed by atoms with E-state index in [4.69, 9.17) is 5.11 Å². The summed E-state index contributed by atoms with van der Waals surface area (Å²) in [5.74, 6) is -0.897. The molecule has 0 bridgehead atoms. The smallest absolute Gasteiger partial charge is 0.315 e. The Kier molecular flexibility index (Phi) is 3.50. The molecule has 2 rings (SSSR count). The summed E-state index contributed by atoms with van der Waals surface area (Å²) in [4.78, 5) is 22.4. The molecule has 2 amide bonds. The molecular formula is C11H15N3O4. The Balaban J connectivity index is 1.80. The molecule has 18 heavy (non-hydrogen) atoms. The van der Waals surface area contributed by atoms with Gasteiger partial charge in [0.1, 0.15) is 12.0 Å². The van der Waals surface area contributed by atoms with E-state index in [1.807, 2.05) is 0 Å². The minimum Gasteiger partial charge on any atom is -0.481 e. The minimum atomic E-state index is -0.897. The van der Waals surface area contributed by atoms with Crippen LogP contribution in [0.4, 0.5) is 4.79 Å². The number of urea groups is 1. The first kappa shape index (κ1) is 12.4. The summed E-state index contributed by atoms with van der Waals surface area (Å²) >= 11 is 0. The maximum absolute atomic E-state index is 11.7. The number of hydrogen-bond acceptors (Lipinski definition) is 4. The van der Waals surface area contributed by atoms with E-state index in [1.165, 1.54) is 6.26 Å². The maximum Gasteiger partial charge on any atom is 0.315 e. The Morgan fingerprint density at radius 1 is 1.50 bits per heavy atom. The lowest BCUT2D eigenvalue weighted by Crippen LogP contribution is -2.57. The van der Waals surface area contributed by atoms with Crippen molar-refractivity contribution in [2.45, 2.75) is 37.8 Å². The largest absolute Gasteiger partial charge is 0.481 e. The van der Waals surface area contributed by atoms with Crippen molar-refractivity contribution in [3.05, 3.63) is 18.0 Å². The van der Waals surface area contributed by atoms with E-state index in [0.29, 0.717) is 18.5 Å². The van der Waals surface area contributed by atoms with Crippen LogP contribution in [0.3, 0.4) is 0 Å². The molecule has 3 N–H and O–H groups in total. The Labute approximate surface area is 104 Å². The number of nitrogens with one attached hydrogen (secondary N) is 2. The quantitative estimate of drug-likeness (QED) is 0.722. The number of aliphatic carboxylic acids is 1. The predicted molar refractivity (Wildman–Crippen MR) is 60.7 cm³/mol. The number of nitrogens with zero attached hydrogens (tertiary/aromatic N) is 1. The van der Waals surface area contributed by atoms with Gasteiger partial charge in [0.2, 0.25) is 0 Å². The van der Waals surface area contributed by atoms with Crippen molar-refractivity contribution in [3.63, 3.8) is 0 Å². The van der Waals surface area contributed by atoms with Crippen LogP contribution in [-0.2, 0) is 11.3 Å². The first-order valence-electron chi connectivity index (χ1n) is 5.77. The number of hydrogen-bond donors (Lipinski definition) is 3. The van der Waals surface area contributed by atoms with Crippen LogP contribution in [0.1, 0.15) is 31.4 Å². The van der Waals surface area contributed by atoms with Crippen LogP contribution in [0.15, 0.2) is 16.9 Å². The van der Waals surface area contributed by atoms with Crippen molar-refractivity contribution in [1.29, 1.82) is 0 Å². The molecule has 1 aromatic heterocycles. The average molecular weight is 253 g/mol. The van der Waals surface area contributed by atoms with Crippen LogP contribution in [0.25, 0.3) is 0 Å². The molecule has 1 aromatic rings. The second-order valence-electron chi connectivity index (χ2n) is 4.50. The summed E-state index contributed by atoms with van der Waals surface area (Å²) in [5, 5.41) is 17.8. The highest BCUT2D eigenvalue weighted by Crippen LogP contribution is 2.34. The van der Waals surface area contributed by atoms with E-state index >= 15 is 0 Å². The summed E-state index contributed by atoms with van der Waals surface area (Å²) in [6.45, 7) is 0.255. The van der Waals surface area contributed by atoms with Crippen molar-refractivity contribution in [2.24, 2.45) is 0 Å². The fraction of sp³-hybridized carbons (Fsp3) is 0.545. The third-order valence-corrected chi connectivity index (χ3v) is 3.10. The van der Waals surface area contributed by atoms with Gasteiger partial charge < -0.3 is 20.3 Å². The number of amides is 2. The van der Waals surface area contributed by atoms with Gasteiger partial charge in [-0.1, -0.05) is 5.16 Å². The SMILES string of the molecule is O=C(O)CC1(NC(=O)NCc2ccon2)CCC1. The molecule has 98 valence electrons. The first-order valence-corrected chi connectivity index (χ1v) is 5.77. The van der Waals surface area contributed by atoms with Gasteiger partial charge in [-0.3, -0.25) is 4.79 Å². The zero-order chi connectivity index (χ0) is 13.0. The Morgan fingerprint density at radius 3 is 2.78 bits per heavy atom. The highest BCUT2D eigenvalue weighted by molar-refractivity contribution is 5.77. The first-order chi connectivity index (χ1) is 8.60. The fourth-order valence-electron chi connectivity index (χ4n) is 2.02. The summed E-state index contributed by atoms with van der Waals surface area (Å²) in [6.07, 6.45) is 3.74. The number of carboxylic acid groups (broad SMARTS) is 1. The van der Waals surface area contributed by atoms with E-state index in [1.54, 1.807) is 6.07 Å². The molecule has 0 aromatic carbocycles. The molecule has 1 aliphatic carbocycles. The maximum atomic E-state index is 11.7. The number of carbonyl (C=O) groups is 2. The summed E-state index contributed by atoms with van der Waals surface area (Å²) < 4.78 is 4.63. The number of carboxylic acids is 1. The standard InChI is InChI=1S/C11H15N3O4/c15-9(16)6-11(3-1-4-11)13-10(17)12-7-8-2-5-18-14-8/h2,5H,1,3-4,6-7H2,(H,15,16)(H2,12,13,17). The zero-order valence-corrected chi connectivity index (χ0v) is 9.81. The van der Waals surface area contributed by atoms with Gasteiger partial charge in [-0.25, -0.2) is 4.79 Å². The minimum absolute atomic E-state index is 0.0373. The molecule has 7 heteroatoms. The van der Waals surface area contributed by atoms with E-state index in [0.717, 1.165) is 6.42 Å². The Hall–Kier alpha value is -2.05. The highest BCUT2D eigenvalue weighted by Gasteiger charge is 2.40. The van der Waals surface area contributed by atoms with Crippen molar-refractivity contribution >= 4 is 12.0 Å². The molecule has 0 aliphatic heterocycles. The molecular weight excluding hydrogens is 238 g/mol. The van der Waals surface area contributed by atoms with E-state index in [2.05, 4.69) is 20.3 Å². The fourth-order valence-corrected chi connectivity index (χ4v) is 2.02. The van der Waals surface area contributed by atoms with E-state index in [-0.39, 0.29) is 19.0 Å². The zero-order valence-electron chi connectivity index (χ0n) is 9.81. The lowest BCUT2D eigenvalue weighted by Gasteiger charge is -2.41. The van der Waals surface area contributed by atoms with Crippen LogP contribution in [0.2, 0.25) is 0 Å². The van der Waals surface area contributed by atoms with Gasteiger partial charge in [0.05, 0.1) is 18.5 Å². The van der Waals surface area contributed by atoms with Gasteiger partial charge in [0.25, 0.3) is 0 Å². The summed E-state index contributed by atoms with van der Waals surface area (Å²) in [6, 6.07) is 1.27. The Bertz CT molecular complexity index is 426. The third kappa shape index (κ3) is 2.99. The molecule has 1 fully saturated rings. The monoisotopic (exact) mass is 253 g/mol. The van der Waals surface area contributed by atoms with Crippen LogP contribution < -0.4 is 10.6 Å². The van der Waals surface area contributed by atoms with Crippen LogP contribution in [0.5, 0.6) is 0 Å². The van der Waals surface area contributed by atoms with Crippen molar-refractivity contribution in [3.8, 4) is 0 Å². The second-order valence-corrected chi connectivity index (χ2v) is 4.50. The van der Waals surface area contributed by atoms with Crippen molar-refractivity contribution in [1.82, 2.24) is 15.8 Å². The summed E-state index contributed by atoms with van der Waals surface area (Å²) in [5.41, 5.74) is 0.0331. The van der Waals surface area contributed by atoms with Gasteiger partial charge in [-0.15, -0.1) is 0 Å². The normalized spacial score (nSPS) is 16.7. The van der Waals surface area contributed by atoms with Crippen molar-refractivity contribution < 1.29 is 19.2 Å². The van der Waals surface area contributed by atoms with E-state index in [9.17, 15) is 9.59 Å². The highest BCUT2D eigenvalue weighted by atomic mass is 16.5. The van der Waals surface area contributed by atoms with E-state index < -0.39 is 11.5 Å². The molecule has 1 saturated carbocycles. The predicted octanol–water partition coefficient (Wildman–Crippen LogP) is 0.871. The summed E-state index contributed by atoms with van der Waals surface area (Å²) in [7, 11) is 0. The molecule has 0 spiro atoms. The Morgan fingerprint density at radius 2 is 2.28 bits per heavy atom. The molecule has 0 unspecified atom stereocenters. The molecule has 0 saturated heterocycles. The van der Waals surface area contributed by atoms with Gasteiger partial charge in [0.15, 0.2) is 0 Å². The molecule has 1 heterocycles. The molecule has 0 radical (unpaired) electrons. The molecule has 7 nitrogen and oxygen atoms in total. The van der Waals surface area contributed by atoms with Gasteiger partial charge in [-0.05, 0) is 19.3 Å². The topological polar surface area (TPSA) is 104 Å². The van der Waals surface area contributed by atoms with Crippen LogP contribution >= 0.6 is 0 Å². The number of carbonyl (C=O) groups excluding carboxylic acids is 1. The van der Waals surface area contributed by atoms with Crippen molar-refractivity contribution in [2.75, 3.05) is 0 Å². The number of rotatable bonds is 5. The van der Waals surface area contributed by atoms with Gasteiger partial charge in [0, 0.05) is 6.07 Å². The van der Waals surface area contributed by atoms with Crippen LogP contribution in [0, 0.1) is 0 Å². The lowest BCUT2D eigenvalue weighted by molar-refractivity contribution is -0.139. The third-order valence-electron chi connectivity index (χ3n) is 3.10. The average Bonchev–Trinajstić information content (AvgIpc) is 2.75. The molecule has 1 aliphatic rings.